The van der Waals surface area contributed by atoms with E-state index in [1.54, 1.807) is 12.1 Å². The number of benzene rings is 1. The Balaban J connectivity index is 2.13. The highest BCUT2D eigenvalue weighted by molar-refractivity contribution is 8.01. The first-order chi connectivity index (χ1) is 7.52. The minimum atomic E-state index is -0.703. The number of hydrogen-bond acceptors (Lipinski definition) is 2. The molecule has 1 saturated carbocycles. The quantitative estimate of drug-likeness (QED) is 0.896. The van der Waals surface area contributed by atoms with E-state index < -0.39 is 10.7 Å². The maximum absolute atomic E-state index is 11.3. The van der Waals surface area contributed by atoms with Crippen LogP contribution in [0.25, 0.3) is 0 Å². The van der Waals surface area contributed by atoms with Crippen molar-refractivity contribution in [3.63, 3.8) is 0 Å². The normalized spacial score (nSPS) is 28.5. The Morgan fingerprint density at radius 3 is 2.44 bits per heavy atom. The molecule has 1 aliphatic rings. The Labute approximate surface area is 104 Å². The summed E-state index contributed by atoms with van der Waals surface area (Å²) in [6.45, 7) is 2.09. The topological polar surface area (TPSA) is 37.3 Å². The van der Waals surface area contributed by atoms with Gasteiger partial charge in [-0.25, -0.2) is 0 Å². The highest BCUT2D eigenvalue weighted by atomic mass is 35.5. The lowest BCUT2D eigenvalue weighted by atomic mass is 9.75. The average Bonchev–Trinajstić information content (AvgIpc) is 2.18. The molecule has 0 bridgehead atoms. The molecule has 1 aliphatic carbocycles. The summed E-state index contributed by atoms with van der Waals surface area (Å²) in [7, 11) is 0. The molecule has 0 unspecified atom stereocenters. The largest absolute Gasteiger partial charge is 0.480 e. The number of carbonyl (C=O) groups is 1. The van der Waals surface area contributed by atoms with Gasteiger partial charge in [-0.1, -0.05) is 18.5 Å². The van der Waals surface area contributed by atoms with Gasteiger partial charge in [0.25, 0.3) is 0 Å². The van der Waals surface area contributed by atoms with Crippen LogP contribution in [0.1, 0.15) is 19.8 Å². The van der Waals surface area contributed by atoms with Gasteiger partial charge in [0.1, 0.15) is 4.75 Å². The van der Waals surface area contributed by atoms with Crippen LogP contribution in [-0.4, -0.2) is 15.8 Å². The predicted molar refractivity (Wildman–Crippen MR) is 66.1 cm³/mol. The van der Waals surface area contributed by atoms with Crippen LogP contribution in [0, 0.1) is 5.92 Å². The van der Waals surface area contributed by atoms with Crippen molar-refractivity contribution in [3.05, 3.63) is 29.3 Å². The number of aliphatic carboxylic acids is 1. The number of halogens is 1. The van der Waals surface area contributed by atoms with Crippen molar-refractivity contribution in [2.75, 3.05) is 0 Å². The molecule has 0 amide bonds. The summed E-state index contributed by atoms with van der Waals surface area (Å²) in [5.74, 6) is -0.193. The molecule has 86 valence electrons. The molecule has 0 aliphatic heterocycles. The smallest absolute Gasteiger partial charge is 0.320 e. The molecule has 2 rings (SSSR count). The van der Waals surface area contributed by atoms with Gasteiger partial charge in [0.15, 0.2) is 0 Å². The summed E-state index contributed by atoms with van der Waals surface area (Å²) in [5.41, 5.74) is 0. The molecule has 1 aromatic rings. The Morgan fingerprint density at radius 2 is 2.00 bits per heavy atom. The van der Waals surface area contributed by atoms with Gasteiger partial charge in [0, 0.05) is 9.92 Å². The Kier molecular flexibility index (Phi) is 3.17. The Morgan fingerprint density at radius 1 is 1.44 bits per heavy atom. The van der Waals surface area contributed by atoms with Crippen LogP contribution in [0.5, 0.6) is 0 Å². The van der Waals surface area contributed by atoms with E-state index >= 15 is 0 Å². The zero-order valence-electron chi connectivity index (χ0n) is 8.94. The summed E-state index contributed by atoms with van der Waals surface area (Å²) in [6, 6.07) is 7.34. The van der Waals surface area contributed by atoms with E-state index in [0.717, 1.165) is 17.7 Å². The van der Waals surface area contributed by atoms with Crippen molar-refractivity contribution in [3.8, 4) is 0 Å². The number of rotatable bonds is 3. The van der Waals surface area contributed by atoms with Crippen LogP contribution in [0.4, 0.5) is 0 Å². The SMILES string of the molecule is CC1CC(Sc2ccc(Cl)cc2)(C(=O)O)C1. The van der Waals surface area contributed by atoms with Gasteiger partial charge in [0.05, 0.1) is 0 Å². The van der Waals surface area contributed by atoms with Gasteiger partial charge in [-0.05, 0) is 43.0 Å². The van der Waals surface area contributed by atoms with Crippen molar-refractivity contribution >= 4 is 29.3 Å². The molecule has 0 radical (unpaired) electrons. The van der Waals surface area contributed by atoms with Crippen LogP contribution >= 0.6 is 23.4 Å². The molecule has 0 aromatic heterocycles. The molecular formula is C12H13ClO2S. The second-order valence-electron chi connectivity index (χ2n) is 4.37. The summed E-state index contributed by atoms with van der Waals surface area (Å²) >= 11 is 7.23. The van der Waals surface area contributed by atoms with Gasteiger partial charge in [-0.3, -0.25) is 4.79 Å². The van der Waals surface area contributed by atoms with Gasteiger partial charge < -0.3 is 5.11 Å². The van der Waals surface area contributed by atoms with Crippen molar-refractivity contribution in [1.29, 1.82) is 0 Å². The summed E-state index contributed by atoms with van der Waals surface area (Å²) in [4.78, 5) is 12.2. The van der Waals surface area contributed by atoms with Crippen molar-refractivity contribution in [2.24, 2.45) is 5.92 Å². The fourth-order valence-corrected chi connectivity index (χ4v) is 3.77. The number of carboxylic acids is 1. The van der Waals surface area contributed by atoms with E-state index in [9.17, 15) is 9.90 Å². The van der Waals surface area contributed by atoms with E-state index in [-0.39, 0.29) is 0 Å². The van der Waals surface area contributed by atoms with Crippen molar-refractivity contribution in [1.82, 2.24) is 0 Å². The van der Waals surface area contributed by atoms with Gasteiger partial charge in [-0.15, -0.1) is 11.8 Å². The molecule has 1 N–H and O–H groups in total. The molecule has 1 fully saturated rings. The zero-order valence-corrected chi connectivity index (χ0v) is 10.5. The third kappa shape index (κ3) is 2.20. The standard InChI is InChI=1S/C12H13ClO2S/c1-8-6-12(7-8,11(14)15)16-10-4-2-9(13)3-5-10/h2-5,8H,6-7H2,1H3,(H,14,15). The molecular weight excluding hydrogens is 244 g/mol. The van der Waals surface area contributed by atoms with Gasteiger partial charge in [-0.2, -0.15) is 0 Å². The van der Waals surface area contributed by atoms with Crippen molar-refractivity contribution in [2.45, 2.75) is 29.4 Å². The molecule has 2 nitrogen and oxygen atoms in total. The molecule has 0 saturated heterocycles. The van der Waals surface area contributed by atoms with Crippen LogP contribution in [0.15, 0.2) is 29.2 Å². The van der Waals surface area contributed by atoms with Crippen LogP contribution in [0.3, 0.4) is 0 Å². The highest BCUT2D eigenvalue weighted by Gasteiger charge is 2.49. The maximum Gasteiger partial charge on any atom is 0.320 e. The highest BCUT2D eigenvalue weighted by Crippen LogP contribution is 2.50. The van der Waals surface area contributed by atoms with E-state index in [1.165, 1.54) is 11.8 Å². The molecule has 16 heavy (non-hydrogen) atoms. The second kappa shape index (κ2) is 4.30. The van der Waals surface area contributed by atoms with E-state index in [2.05, 4.69) is 6.92 Å². The van der Waals surface area contributed by atoms with Gasteiger partial charge >= 0.3 is 5.97 Å². The first-order valence-corrected chi connectivity index (χ1v) is 6.39. The third-order valence-electron chi connectivity index (χ3n) is 2.87. The van der Waals surface area contributed by atoms with Crippen LogP contribution < -0.4 is 0 Å². The molecule has 4 heteroatoms. The summed E-state index contributed by atoms with van der Waals surface area (Å²) in [5, 5.41) is 9.95. The fraction of sp³-hybridized carbons (Fsp3) is 0.417. The number of carboxylic acid groups (broad SMARTS) is 1. The average molecular weight is 257 g/mol. The van der Waals surface area contributed by atoms with E-state index in [0.29, 0.717) is 10.9 Å². The predicted octanol–water partition coefficient (Wildman–Crippen LogP) is 3.69. The molecule has 0 spiro atoms. The monoisotopic (exact) mass is 256 g/mol. The maximum atomic E-state index is 11.3. The minimum Gasteiger partial charge on any atom is -0.480 e. The first kappa shape index (κ1) is 11.8. The lowest BCUT2D eigenvalue weighted by Crippen LogP contribution is -2.46. The molecule has 1 aromatic carbocycles. The van der Waals surface area contributed by atoms with Crippen molar-refractivity contribution < 1.29 is 9.90 Å². The Bertz CT molecular complexity index is 396. The summed E-state index contributed by atoms with van der Waals surface area (Å²) < 4.78 is -0.618. The lowest BCUT2D eigenvalue weighted by Gasteiger charge is -2.42. The third-order valence-corrected chi connectivity index (χ3v) is 4.53. The van der Waals surface area contributed by atoms with E-state index in [4.69, 9.17) is 11.6 Å². The van der Waals surface area contributed by atoms with Gasteiger partial charge in [0.2, 0.25) is 0 Å². The fourth-order valence-electron chi connectivity index (χ4n) is 2.10. The zero-order chi connectivity index (χ0) is 11.8. The summed E-state index contributed by atoms with van der Waals surface area (Å²) in [6.07, 6.45) is 1.49. The van der Waals surface area contributed by atoms with E-state index in [1.807, 2.05) is 12.1 Å². The Hall–Kier alpha value is -0.670. The number of hydrogen-bond donors (Lipinski definition) is 1. The van der Waals surface area contributed by atoms with Crippen LogP contribution in [0.2, 0.25) is 5.02 Å². The lowest BCUT2D eigenvalue weighted by molar-refractivity contribution is -0.143. The first-order valence-electron chi connectivity index (χ1n) is 5.20. The molecule has 0 heterocycles. The molecule has 0 atom stereocenters. The van der Waals surface area contributed by atoms with Crippen LogP contribution in [-0.2, 0) is 4.79 Å². The second-order valence-corrected chi connectivity index (χ2v) is 6.26. The minimum absolute atomic E-state index is 0.510. The number of thioether (sulfide) groups is 1.